The van der Waals surface area contributed by atoms with E-state index in [1.165, 1.54) is 0 Å². The third-order valence-electron chi connectivity index (χ3n) is 3.44. The lowest BCUT2D eigenvalue weighted by Gasteiger charge is -2.16. The first-order chi connectivity index (χ1) is 9.22. The Labute approximate surface area is 119 Å². The molecule has 104 valence electrons. The molecule has 0 saturated heterocycles. The molecular weight excluding hydrogens is 260 g/mol. The van der Waals surface area contributed by atoms with Crippen molar-refractivity contribution < 1.29 is 4.74 Å². The van der Waals surface area contributed by atoms with Crippen molar-refractivity contribution in [2.75, 3.05) is 13.0 Å². The molecule has 3 nitrogen and oxygen atoms in total. The monoisotopic (exact) mass is 280 g/mol. The Morgan fingerprint density at radius 3 is 2.84 bits per heavy atom. The summed E-state index contributed by atoms with van der Waals surface area (Å²) in [7, 11) is 1.69. The maximum Gasteiger partial charge on any atom is 0.146 e. The molecular formula is C15H21ClN2O. The molecule has 1 aromatic carbocycles. The predicted octanol–water partition coefficient (Wildman–Crippen LogP) is 4.19. The van der Waals surface area contributed by atoms with Crippen molar-refractivity contribution in [1.82, 2.24) is 9.55 Å². The number of hydrogen-bond acceptors (Lipinski definition) is 2. The number of fused-ring (bicyclic) bond motifs is 1. The number of hydrogen-bond donors (Lipinski definition) is 0. The summed E-state index contributed by atoms with van der Waals surface area (Å²) < 4.78 is 7.71. The van der Waals surface area contributed by atoms with Gasteiger partial charge in [0.25, 0.3) is 0 Å². The van der Waals surface area contributed by atoms with Crippen LogP contribution in [0.5, 0.6) is 5.75 Å². The van der Waals surface area contributed by atoms with E-state index < -0.39 is 0 Å². The summed E-state index contributed by atoms with van der Waals surface area (Å²) in [6.07, 6.45) is 3.08. The van der Waals surface area contributed by atoms with Crippen LogP contribution in [0.15, 0.2) is 18.2 Å². The van der Waals surface area contributed by atoms with E-state index in [1.54, 1.807) is 7.11 Å². The zero-order valence-electron chi connectivity index (χ0n) is 11.8. The molecule has 0 aliphatic rings. The Morgan fingerprint density at radius 1 is 1.42 bits per heavy atom. The van der Waals surface area contributed by atoms with Crippen LogP contribution in [0.4, 0.5) is 0 Å². The number of alkyl halides is 1. The van der Waals surface area contributed by atoms with E-state index in [1.807, 2.05) is 12.1 Å². The van der Waals surface area contributed by atoms with Crippen molar-refractivity contribution in [3.05, 3.63) is 24.0 Å². The van der Waals surface area contributed by atoms with Crippen LogP contribution in [0.25, 0.3) is 11.0 Å². The Balaban J connectivity index is 2.60. The maximum absolute atomic E-state index is 5.91. The van der Waals surface area contributed by atoms with Crippen molar-refractivity contribution in [2.24, 2.45) is 0 Å². The van der Waals surface area contributed by atoms with Crippen LogP contribution in [0.2, 0.25) is 0 Å². The first-order valence-electron chi connectivity index (χ1n) is 6.82. The van der Waals surface area contributed by atoms with E-state index in [0.29, 0.717) is 11.9 Å². The third kappa shape index (κ3) is 2.71. The molecule has 1 atom stereocenters. The van der Waals surface area contributed by atoms with Crippen LogP contribution < -0.4 is 4.74 Å². The number of imidazole rings is 1. The summed E-state index contributed by atoms with van der Waals surface area (Å²) in [6, 6.07) is 6.51. The molecule has 1 unspecified atom stereocenters. The molecule has 19 heavy (non-hydrogen) atoms. The maximum atomic E-state index is 5.91. The van der Waals surface area contributed by atoms with Crippen molar-refractivity contribution in [3.63, 3.8) is 0 Å². The van der Waals surface area contributed by atoms with E-state index in [-0.39, 0.29) is 0 Å². The van der Waals surface area contributed by atoms with E-state index in [9.17, 15) is 0 Å². The molecule has 0 radical (unpaired) electrons. The van der Waals surface area contributed by atoms with Gasteiger partial charge in [0.2, 0.25) is 0 Å². The largest absolute Gasteiger partial charge is 0.494 e. The average Bonchev–Trinajstić information content (AvgIpc) is 2.77. The van der Waals surface area contributed by atoms with Crippen LogP contribution in [0, 0.1) is 0 Å². The number of methoxy groups -OCH3 is 1. The van der Waals surface area contributed by atoms with Crippen LogP contribution in [0.1, 0.15) is 38.6 Å². The second-order valence-electron chi connectivity index (χ2n) is 4.80. The summed E-state index contributed by atoms with van der Waals surface area (Å²) in [6.45, 7) is 4.44. The van der Waals surface area contributed by atoms with Crippen LogP contribution in [-0.4, -0.2) is 22.5 Å². The van der Waals surface area contributed by atoms with Crippen molar-refractivity contribution in [1.29, 1.82) is 0 Å². The van der Waals surface area contributed by atoms with Gasteiger partial charge in [0.05, 0.1) is 12.6 Å². The Morgan fingerprint density at radius 2 is 2.21 bits per heavy atom. The minimum atomic E-state index is 0.431. The SMILES string of the molecule is CCCC(C)n1c(CCCl)nc2c(OC)cccc21. The Bertz CT molecular complexity index is 550. The standard InChI is InChI=1S/C15H21ClN2O/c1-4-6-11(2)18-12-7-5-8-13(19-3)15(12)17-14(18)9-10-16/h5,7-8,11H,4,6,9-10H2,1-3H3. The fourth-order valence-electron chi connectivity index (χ4n) is 2.60. The normalized spacial score (nSPS) is 12.8. The molecule has 0 amide bonds. The number of ether oxygens (including phenoxy) is 1. The first kappa shape index (κ1) is 14.2. The number of nitrogens with zero attached hydrogens (tertiary/aromatic N) is 2. The summed E-state index contributed by atoms with van der Waals surface area (Å²) in [5.41, 5.74) is 2.08. The fourth-order valence-corrected chi connectivity index (χ4v) is 2.77. The number of para-hydroxylation sites is 1. The number of rotatable bonds is 6. The Kier molecular flexibility index (Phi) is 4.70. The highest BCUT2D eigenvalue weighted by atomic mass is 35.5. The highest BCUT2D eigenvalue weighted by Crippen LogP contribution is 2.30. The second kappa shape index (κ2) is 6.29. The molecule has 4 heteroatoms. The van der Waals surface area contributed by atoms with Gasteiger partial charge in [-0.15, -0.1) is 11.6 Å². The predicted molar refractivity (Wildman–Crippen MR) is 80.3 cm³/mol. The molecule has 2 aromatic rings. The van der Waals surface area contributed by atoms with E-state index in [4.69, 9.17) is 21.3 Å². The van der Waals surface area contributed by atoms with Gasteiger partial charge in [-0.05, 0) is 25.5 Å². The summed E-state index contributed by atoms with van der Waals surface area (Å²) >= 11 is 5.91. The van der Waals surface area contributed by atoms with Crippen molar-refractivity contribution >= 4 is 22.6 Å². The molecule has 0 spiro atoms. The van der Waals surface area contributed by atoms with Crippen molar-refractivity contribution in [2.45, 2.75) is 39.2 Å². The summed E-state index contributed by atoms with van der Waals surface area (Å²) in [5.74, 6) is 2.47. The lowest BCUT2D eigenvalue weighted by molar-refractivity contribution is 0.419. The number of halogens is 1. The van der Waals surface area contributed by atoms with Crippen LogP contribution in [0.3, 0.4) is 0 Å². The number of aromatic nitrogens is 2. The third-order valence-corrected chi connectivity index (χ3v) is 3.63. The minimum absolute atomic E-state index is 0.431. The highest BCUT2D eigenvalue weighted by Gasteiger charge is 2.17. The van der Waals surface area contributed by atoms with Gasteiger partial charge in [0.1, 0.15) is 17.1 Å². The lowest BCUT2D eigenvalue weighted by Crippen LogP contribution is -2.09. The minimum Gasteiger partial charge on any atom is -0.494 e. The van der Waals surface area contributed by atoms with Gasteiger partial charge in [0, 0.05) is 18.3 Å². The topological polar surface area (TPSA) is 27.1 Å². The molecule has 0 aliphatic heterocycles. The van der Waals surface area contributed by atoms with Gasteiger partial charge in [-0.2, -0.15) is 0 Å². The Hall–Kier alpha value is -1.22. The van der Waals surface area contributed by atoms with Gasteiger partial charge in [-0.1, -0.05) is 19.4 Å². The zero-order chi connectivity index (χ0) is 13.8. The van der Waals surface area contributed by atoms with E-state index in [2.05, 4.69) is 24.5 Å². The van der Waals surface area contributed by atoms with Gasteiger partial charge in [-0.25, -0.2) is 4.98 Å². The van der Waals surface area contributed by atoms with Gasteiger partial charge < -0.3 is 9.30 Å². The number of aryl methyl sites for hydroxylation is 1. The van der Waals surface area contributed by atoms with Crippen molar-refractivity contribution in [3.8, 4) is 5.75 Å². The average molecular weight is 281 g/mol. The van der Waals surface area contributed by atoms with E-state index in [0.717, 1.165) is 41.9 Å². The smallest absolute Gasteiger partial charge is 0.146 e. The lowest BCUT2D eigenvalue weighted by atomic mass is 10.2. The molecule has 1 aromatic heterocycles. The molecule has 0 fully saturated rings. The molecule has 0 aliphatic carbocycles. The van der Waals surface area contributed by atoms with Crippen LogP contribution >= 0.6 is 11.6 Å². The first-order valence-corrected chi connectivity index (χ1v) is 7.36. The summed E-state index contributed by atoms with van der Waals surface area (Å²) in [5, 5.41) is 0. The molecule has 0 N–H and O–H groups in total. The highest BCUT2D eigenvalue weighted by molar-refractivity contribution is 6.17. The van der Waals surface area contributed by atoms with E-state index >= 15 is 0 Å². The molecule has 2 rings (SSSR count). The fraction of sp³-hybridized carbons (Fsp3) is 0.533. The van der Waals surface area contributed by atoms with Crippen LogP contribution in [-0.2, 0) is 6.42 Å². The molecule has 1 heterocycles. The molecule has 0 bridgehead atoms. The molecule has 0 saturated carbocycles. The van der Waals surface area contributed by atoms with Gasteiger partial charge >= 0.3 is 0 Å². The second-order valence-corrected chi connectivity index (χ2v) is 5.18. The van der Waals surface area contributed by atoms with Gasteiger partial charge in [-0.3, -0.25) is 0 Å². The number of benzene rings is 1. The zero-order valence-corrected chi connectivity index (χ0v) is 12.6. The summed E-state index contributed by atoms with van der Waals surface area (Å²) in [4.78, 5) is 4.73. The van der Waals surface area contributed by atoms with Gasteiger partial charge in [0.15, 0.2) is 0 Å². The quantitative estimate of drug-likeness (QED) is 0.742.